The van der Waals surface area contributed by atoms with Crippen molar-refractivity contribution in [3.05, 3.63) is 106 Å². The minimum atomic E-state index is -0.456. The molecule has 0 aliphatic rings. The molecule has 2 aromatic heterocycles. The fourth-order valence-corrected chi connectivity index (χ4v) is 4.50. The van der Waals surface area contributed by atoms with Gasteiger partial charge in [0.1, 0.15) is 10.8 Å². The molecule has 7 heteroatoms. The predicted molar refractivity (Wildman–Crippen MR) is 127 cm³/mol. The van der Waals surface area contributed by atoms with E-state index in [1.165, 1.54) is 23.5 Å². The summed E-state index contributed by atoms with van der Waals surface area (Å²) in [5.74, 6) is -0.0900. The van der Waals surface area contributed by atoms with E-state index >= 15 is 0 Å². The maximum absolute atomic E-state index is 14.1. The fourth-order valence-electron chi connectivity index (χ4n) is 3.56. The Balaban J connectivity index is 1.75. The molecule has 0 spiro atoms. The van der Waals surface area contributed by atoms with Crippen molar-refractivity contribution in [2.75, 3.05) is 10.6 Å². The van der Waals surface area contributed by atoms with Crippen molar-refractivity contribution in [2.24, 2.45) is 0 Å². The molecule has 0 bridgehead atoms. The molecule has 5 nitrogen and oxygen atoms in total. The highest BCUT2D eigenvalue weighted by Gasteiger charge is 2.23. The number of aryl methyl sites for hydroxylation is 3. The van der Waals surface area contributed by atoms with Crippen LogP contribution in [-0.4, -0.2) is 15.9 Å². The summed E-state index contributed by atoms with van der Waals surface area (Å²) in [7, 11) is 0. The number of nitrogens with zero attached hydrogens (tertiary/aromatic N) is 2. The molecular weight excluding hydrogens is 423 g/mol. The van der Waals surface area contributed by atoms with E-state index in [4.69, 9.17) is 0 Å². The van der Waals surface area contributed by atoms with Crippen LogP contribution in [-0.2, 0) is 0 Å². The van der Waals surface area contributed by atoms with Gasteiger partial charge in [0.25, 0.3) is 5.91 Å². The van der Waals surface area contributed by atoms with Crippen LogP contribution in [0.5, 0.6) is 0 Å². The number of anilines is 2. The Bertz CT molecular complexity index is 1240. The molecule has 0 saturated carbocycles. The summed E-state index contributed by atoms with van der Waals surface area (Å²) in [5.41, 5.74) is 3.76. The van der Waals surface area contributed by atoms with Gasteiger partial charge in [-0.25, -0.2) is 14.4 Å². The van der Waals surface area contributed by atoms with Gasteiger partial charge >= 0.3 is 0 Å². The van der Waals surface area contributed by atoms with E-state index in [-0.39, 0.29) is 11.7 Å². The number of hydrogen-bond acceptors (Lipinski definition) is 5. The van der Waals surface area contributed by atoms with Crippen molar-refractivity contribution in [3.63, 3.8) is 0 Å². The van der Waals surface area contributed by atoms with Crippen molar-refractivity contribution >= 4 is 28.2 Å². The Morgan fingerprint density at radius 2 is 1.66 bits per heavy atom. The molecule has 0 unspecified atom stereocenters. The van der Waals surface area contributed by atoms with Gasteiger partial charge in [0.2, 0.25) is 5.95 Å². The smallest absolute Gasteiger partial charge is 0.256 e. The first-order valence-electron chi connectivity index (χ1n) is 10.2. The Kier molecular flexibility index (Phi) is 6.28. The molecule has 0 radical (unpaired) electrons. The third-order valence-electron chi connectivity index (χ3n) is 4.90. The number of hydrogen-bond donors (Lipinski definition) is 2. The second-order valence-corrected chi connectivity index (χ2v) is 8.82. The SMILES string of the molecule is Cc1cc(C)nc(N[C@@H](c2cccc(F)c2)c2cc(C)sc2NC(=O)c2ccccc2)n1. The van der Waals surface area contributed by atoms with E-state index in [1.807, 2.05) is 57.2 Å². The number of carbonyl (C=O) groups excluding carboxylic acids is 1. The number of aromatic nitrogens is 2. The Hall–Kier alpha value is -3.58. The van der Waals surface area contributed by atoms with E-state index in [0.717, 1.165) is 21.8 Å². The molecule has 162 valence electrons. The number of amides is 1. The summed E-state index contributed by atoms with van der Waals surface area (Å²) in [4.78, 5) is 22.8. The van der Waals surface area contributed by atoms with E-state index in [0.29, 0.717) is 22.1 Å². The van der Waals surface area contributed by atoms with Crippen LogP contribution < -0.4 is 10.6 Å². The van der Waals surface area contributed by atoms with Gasteiger partial charge in [0.05, 0.1) is 6.04 Å². The monoisotopic (exact) mass is 446 g/mol. The molecule has 4 rings (SSSR count). The van der Waals surface area contributed by atoms with Gasteiger partial charge in [-0.15, -0.1) is 11.3 Å². The number of nitrogens with one attached hydrogen (secondary N) is 2. The minimum Gasteiger partial charge on any atom is -0.343 e. The van der Waals surface area contributed by atoms with Gasteiger partial charge in [0.15, 0.2) is 0 Å². The minimum absolute atomic E-state index is 0.200. The number of thiophene rings is 1. The molecule has 1 amide bonds. The second kappa shape index (κ2) is 9.28. The molecule has 0 fully saturated rings. The van der Waals surface area contributed by atoms with Crippen molar-refractivity contribution in [1.82, 2.24) is 9.97 Å². The molecule has 32 heavy (non-hydrogen) atoms. The quantitative estimate of drug-likeness (QED) is 0.378. The van der Waals surface area contributed by atoms with Crippen LogP contribution >= 0.6 is 11.3 Å². The lowest BCUT2D eigenvalue weighted by Crippen LogP contribution is -2.18. The highest BCUT2D eigenvalue weighted by Crippen LogP contribution is 2.37. The summed E-state index contributed by atoms with van der Waals surface area (Å²) in [6, 6.07) is 18.9. The van der Waals surface area contributed by atoms with Crippen molar-refractivity contribution in [1.29, 1.82) is 0 Å². The fraction of sp³-hybridized carbons (Fsp3) is 0.160. The lowest BCUT2D eigenvalue weighted by molar-refractivity contribution is 0.102. The summed E-state index contributed by atoms with van der Waals surface area (Å²) in [6.07, 6.45) is 0. The summed E-state index contributed by atoms with van der Waals surface area (Å²) in [5, 5.41) is 7.08. The van der Waals surface area contributed by atoms with Gasteiger partial charge < -0.3 is 10.6 Å². The van der Waals surface area contributed by atoms with E-state index in [9.17, 15) is 9.18 Å². The first-order valence-corrected chi connectivity index (χ1v) is 11.0. The lowest BCUT2D eigenvalue weighted by Gasteiger charge is -2.21. The molecule has 2 heterocycles. The normalized spacial score (nSPS) is 11.8. The number of benzene rings is 2. The van der Waals surface area contributed by atoms with Gasteiger partial charge in [0, 0.05) is 27.4 Å². The molecule has 2 N–H and O–H groups in total. The van der Waals surface area contributed by atoms with Crippen LogP contribution in [0.1, 0.15) is 43.8 Å². The van der Waals surface area contributed by atoms with Crippen LogP contribution in [0.2, 0.25) is 0 Å². The number of rotatable bonds is 6. The van der Waals surface area contributed by atoms with Crippen molar-refractivity contribution in [3.8, 4) is 0 Å². The van der Waals surface area contributed by atoms with E-state index in [1.54, 1.807) is 18.2 Å². The van der Waals surface area contributed by atoms with E-state index < -0.39 is 6.04 Å². The van der Waals surface area contributed by atoms with Crippen LogP contribution in [0.25, 0.3) is 0 Å². The van der Waals surface area contributed by atoms with Gasteiger partial charge in [-0.1, -0.05) is 30.3 Å². The zero-order chi connectivity index (χ0) is 22.7. The summed E-state index contributed by atoms with van der Waals surface area (Å²) < 4.78 is 14.1. The summed E-state index contributed by atoms with van der Waals surface area (Å²) in [6.45, 7) is 5.77. The van der Waals surface area contributed by atoms with Crippen LogP contribution in [0.3, 0.4) is 0 Å². The maximum Gasteiger partial charge on any atom is 0.256 e. The zero-order valence-electron chi connectivity index (χ0n) is 18.0. The van der Waals surface area contributed by atoms with Gasteiger partial charge in [-0.3, -0.25) is 4.79 Å². The topological polar surface area (TPSA) is 66.9 Å². The lowest BCUT2D eigenvalue weighted by atomic mass is 10.00. The highest BCUT2D eigenvalue weighted by atomic mass is 32.1. The van der Waals surface area contributed by atoms with Crippen molar-refractivity contribution < 1.29 is 9.18 Å². The predicted octanol–water partition coefficient (Wildman–Crippen LogP) is 6.06. The zero-order valence-corrected chi connectivity index (χ0v) is 18.8. The van der Waals surface area contributed by atoms with Crippen molar-refractivity contribution in [2.45, 2.75) is 26.8 Å². The van der Waals surface area contributed by atoms with Gasteiger partial charge in [-0.2, -0.15) is 0 Å². The molecule has 0 aliphatic heterocycles. The first kappa shape index (κ1) is 21.6. The standard InChI is InChI=1S/C25H23FN4OS/c1-15-12-16(2)28-25(27-15)29-22(19-10-7-11-20(26)14-19)21-13-17(3)32-24(21)30-23(31)18-8-5-4-6-9-18/h4-14,22H,1-3H3,(H,30,31)(H,27,28,29)/t22-/m0/s1. The summed E-state index contributed by atoms with van der Waals surface area (Å²) >= 11 is 1.47. The Morgan fingerprint density at radius 1 is 0.938 bits per heavy atom. The van der Waals surface area contributed by atoms with E-state index in [2.05, 4.69) is 20.6 Å². The molecular formula is C25H23FN4OS. The second-order valence-electron chi connectivity index (χ2n) is 7.57. The number of carbonyl (C=O) groups is 1. The van der Waals surface area contributed by atoms with Crippen LogP contribution in [0, 0.1) is 26.6 Å². The Labute approximate surface area is 190 Å². The van der Waals surface area contributed by atoms with Crippen LogP contribution in [0.15, 0.2) is 66.7 Å². The average Bonchev–Trinajstić information content (AvgIpc) is 3.11. The Morgan fingerprint density at radius 3 is 2.34 bits per heavy atom. The molecule has 0 aliphatic carbocycles. The molecule has 2 aromatic carbocycles. The van der Waals surface area contributed by atoms with Gasteiger partial charge in [-0.05, 0) is 62.7 Å². The molecule has 1 atom stereocenters. The average molecular weight is 447 g/mol. The van der Waals surface area contributed by atoms with Crippen LogP contribution in [0.4, 0.5) is 15.3 Å². The number of halogens is 1. The largest absolute Gasteiger partial charge is 0.343 e. The third-order valence-corrected chi connectivity index (χ3v) is 5.88. The first-order chi connectivity index (χ1) is 15.4. The molecule has 0 saturated heterocycles. The third kappa shape index (κ3) is 5.00. The highest BCUT2D eigenvalue weighted by molar-refractivity contribution is 7.16. The maximum atomic E-state index is 14.1. The molecule has 4 aromatic rings.